The molecule has 1 aliphatic rings. The highest BCUT2D eigenvalue weighted by Gasteiger charge is 2.13. The predicted octanol–water partition coefficient (Wildman–Crippen LogP) is 0.440. The van der Waals surface area contributed by atoms with Gasteiger partial charge in [-0.2, -0.15) is 0 Å². The molecule has 0 radical (unpaired) electrons. The van der Waals surface area contributed by atoms with Crippen molar-refractivity contribution in [2.24, 2.45) is 0 Å². The molecule has 60 valence electrons. The van der Waals surface area contributed by atoms with Crippen molar-refractivity contribution in [1.29, 1.82) is 0 Å². The van der Waals surface area contributed by atoms with Gasteiger partial charge >= 0.3 is 0 Å². The molecular formula is C10H11N2+. The summed E-state index contributed by atoms with van der Waals surface area (Å²) in [5, 5.41) is 0. The lowest BCUT2D eigenvalue weighted by molar-refractivity contribution is -0.728. The molecule has 2 rings (SSSR count). The van der Waals surface area contributed by atoms with Crippen LogP contribution in [0, 0.1) is 0 Å². The van der Waals surface area contributed by atoms with Crippen molar-refractivity contribution >= 4 is 6.21 Å². The predicted molar refractivity (Wildman–Crippen MR) is 46.1 cm³/mol. The fourth-order valence-electron chi connectivity index (χ4n) is 1.33. The van der Waals surface area contributed by atoms with Crippen LogP contribution in [0.25, 0.3) is 0 Å². The Morgan fingerprint density at radius 3 is 3.17 bits per heavy atom. The average Bonchev–Trinajstić information content (AvgIpc) is 2.17. The Morgan fingerprint density at radius 2 is 2.33 bits per heavy atom. The third-order valence-electron chi connectivity index (χ3n) is 2.00. The molecule has 0 atom stereocenters. The molecule has 0 amide bonds. The molecule has 1 aromatic rings. The fourth-order valence-corrected chi connectivity index (χ4v) is 1.33. The molecular weight excluding hydrogens is 148 g/mol. The van der Waals surface area contributed by atoms with Gasteiger partial charge in [-0.05, 0) is 6.07 Å². The van der Waals surface area contributed by atoms with Crippen molar-refractivity contribution in [2.45, 2.75) is 6.54 Å². The Hall–Kier alpha value is -1.44. The maximum atomic E-state index is 3.71. The van der Waals surface area contributed by atoms with Crippen LogP contribution in [0.4, 0.5) is 0 Å². The summed E-state index contributed by atoms with van der Waals surface area (Å²) >= 11 is 0. The van der Waals surface area contributed by atoms with Gasteiger partial charge in [-0.1, -0.05) is 12.6 Å². The first kappa shape index (κ1) is 7.22. The number of aromatic nitrogens is 1. The molecule has 2 heteroatoms. The van der Waals surface area contributed by atoms with Gasteiger partial charge in [0.1, 0.15) is 0 Å². The largest absolute Gasteiger partial charge is 0.299 e. The summed E-state index contributed by atoms with van der Waals surface area (Å²) < 4.78 is 4.16. The van der Waals surface area contributed by atoms with Gasteiger partial charge in [-0.25, -0.2) is 4.57 Å². The maximum absolute atomic E-state index is 3.71. The molecule has 12 heavy (non-hydrogen) atoms. The van der Waals surface area contributed by atoms with E-state index in [9.17, 15) is 0 Å². The van der Waals surface area contributed by atoms with Crippen molar-refractivity contribution < 1.29 is 9.14 Å². The van der Waals surface area contributed by atoms with Gasteiger partial charge in [-0.3, -0.25) is 4.58 Å². The van der Waals surface area contributed by atoms with Crippen LogP contribution in [0.1, 0.15) is 5.69 Å². The van der Waals surface area contributed by atoms with Gasteiger partial charge in [0.25, 0.3) is 0 Å². The van der Waals surface area contributed by atoms with Gasteiger partial charge in [0, 0.05) is 0 Å². The Balaban J connectivity index is 2.47. The SMILES string of the molecule is C=C[N+]1=[C-]c2cccc[n+]2CC1. The van der Waals surface area contributed by atoms with Crippen LogP contribution in [-0.2, 0) is 6.54 Å². The zero-order valence-corrected chi connectivity index (χ0v) is 6.90. The summed E-state index contributed by atoms with van der Waals surface area (Å²) in [6.45, 7) is 5.68. The summed E-state index contributed by atoms with van der Waals surface area (Å²) in [5.74, 6) is 0. The van der Waals surface area contributed by atoms with Gasteiger partial charge < -0.3 is 0 Å². The lowest BCUT2D eigenvalue weighted by atomic mass is 10.3. The van der Waals surface area contributed by atoms with E-state index in [0.717, 1.165) is 18.8 Å². The second kappa shape index (κ2) is 2.89. The molecule has 0 aliphatic carbocycles. The molecule has 0 unspecified atom stereocenters. The van der Waals surface area contributed by atoms with Crippen LogP contribution in [-0.4, -0.2) is 17.3 Å². The Kier molecular flexibility index (Phi) is 1.74. The van der Waals surface area contributed by atoms with Gasteiger partial charge in [0.15, 0.2) is 24.7 Å². The van der Waals surface area contributed by atoms with Crippen LogP contribution in [0.2, 0.25) is 0 Å². The summed E-state index contributed by atoms with van der Waals surface area (Å²) in [6, 6.07) is 6.11. The molecule has 0 aromatic carbocycles. The molecule has 0 bridgehead atoms. The highest BCUT2D eigenvalue weighted by Crippen LogP contribution is 1.93. The topological polar surface area (TPSA) is 6.89 Å². The lowest BCUT2D eigenvalue weighted by Gasteiger charge is -2.08. The number of nitrogens with zero attached hydrogens (tertiary/aromatic N) is 2. The van der Waals surface area contributed by atoms with Crippen molar-refractivity contribution in [1.82, 2.24) is 0 Å². The first-order valence-electron chi connectivity index (χ1n) is 4.04. The second-order valence-electron chi connectivity index (χ2n) is 2.77. The molecule has 0 saturated carbocycles. The van der Waals surface area contributed by atoms with E-state index in [0.29, 0.717) is 0 Å². The zero-order valence-electron chi connectivity index (χ0n) is 6.90. The normalized spacial score (nSPS) is 14.8. The smallest absolute Gasteiger partial charge is 0.203 e. The number of rotatable bonds is 1. The molecule has 2 heterocycles. The highest BCUT2D eigenvalue weighted by atomic mass is 15.1. The number of pyridine rings is 1. The second-order valence-corrected chi connectivity index (χ2v) is 2.77. The van der Waals surface area contributed by atoms with E-state index in [1.54, 1.807) is 6.20 Å². The fraction of sp³-hybridized carbons (Fsp3) is 0.200. The molecule has 0 N–H and O–H groups in total. The van der Waals surface area contributed by atoms with Gasteiger partial charge in [0.05, 0.1) is 6.20 Å². The van der Waals surface area contributed by atoms with Crippen LogP contribution in [0.3, 0.4) is 0 Å². The zero-order chi connectivity index (χ0) is 8.39. The number of fused-ring (bicyclic) bond motifs is 1. The highest BCUT2D eigenvalue weighted by molar-refractivity contribution is 5.70. The van der Waals surface area contributed by atoms with E-state index in [1.165, 1.54) is 0 Å². The molecule has 0 fully saturated rings. The van der Waals surface area contributed by atoms with Gasteiger partial charge in [-0.15, -0.1) is 6.07 Å². The summed E-state index contributed by atoms with van der Waals surface area (Å²) in [7, 11) is 0. The first-order chi connectivity index (χ1) is 5.90. The Bertz CT molecular complexity index is 339. The molecule has 1 aromatic heterocycles. The number of hydrogen-bond acceptors (Lipinski definition) is 0. The standard InChI is InChI=1S/C10H11N2/c1-2-11-7-8-12-6-4-3-5-10(12)9-11/h2-6H,1,7-8H2/q+1. The van der Waals surface area contributed by atoms with Gasteiger partial charge in [0.2, 0.25) is 6.54 Å². The summed E-state index contributed by atoms with van der Waals surface area (Å²) in [5.41, 5.74) is 1.11. The Morgan fingerprint density at radius 1 is 1.42 bits per heavy atom. The minimum absolute atomic E-state index is 0.963. The van der Waals surface area contributed by atoms with Crippen LogP contribution < -0.4 is 4.57 Å². The van der Waals surface area contributed by atoms with E-state index in [2.05, 4.69) is 29.6 Å². The van der Waals surface area contributed by atoms with Crippen LogP contribution >= 0.6 is 0 Å². The third-order valence-corrected chi connectivity index (χ3v) is 2.00. The molecule has 0 spiro atoms. The number of hydrogen-bond donors (Lipinski definition) is 0. The van der Waals surface area contributed by atoms with Crippen molar-refractivity contribution in [3.05, 3.63) is 42.9 Å². The minimum Gasteiger partial charge on any atom is -0.299 e. The third kappa shape index (κ3) is 1.16. The first-order valence-corrected chi connectivity index (χ1v) is 4.04. The van der Waals surface area contributed by atoms with Crippen LogP contribution in [0.15, 0.2) is 37.2 Å². The Labute approximate surface area is 72.1 Å². The molecule has 1 aliphatic heterocycles. The van der Waals surface area contributed by atoms with E-state index in [-0.39, 0.29) is 0 Å². The quantitative estimate of drug-likeness (QED) is 0.414. The van der Waals surface area contributed by atoms with Crippen molar-refractivity contribution in [2.75, 3.05) is 6.54 Å². The summed E-state index contributed by atoms with van der Waals surface area (Å²) in [6.07, 6.45) is 7.10. The summed E-state index contributed by atoms with van der Waals surface area (Å²) in [4.78, 5) is 0. The monoisotopic (exact) mass is 159 g/mol. The van der Waals surface area contributed by atoms with E-state index in [4.69, 9.17) is 0 Å². The average molecular weight is 159 g/mol. The minimum atomic E-state index is 0.963. The lowest BCUT2D eigenvalue weighted by Crippen LogP contribution is -2.45. The van der Waals surface area contributed by atoms with E-state index >= 15 is 0 Å². The van der Waals surface area contributed by atoms with Crippen LogP contribution in [0.5, 0.6) is 0 Å². The molecule has 2 nitrogen and oxygen atoms in total. The van der Waals surface area contributed by atoms with Crippen molar-refractivity contribution in [3.63, 3.8) is 0 Å². The van der Waals surface area contributed by atoms with Crippen molar-refractivity contribution in [3.8, 4) is 0 Å². The molecule has 0 saturated heterocycles. The maximum Gasteiger partial charge on any atom is 0.203 e. The van der Waals surface area contributed by atoms with E-state index in [1.807, 2.05) is 16.7 Å². The van der Waals surface area contributed by atoms with E-state index < -0.39 is 0 Å².